The molecule has 0 spiro atoms. The quantitative estimate of drug-likeness (QED) is 0.315. The van der Waals surface area contributed by atoms with E-state index in [4.69, 9.17) is 0 Å². The molecule has 0 heterocycles. The molecule has 0 aromatic rings. The van der Waals surface area contributed by atoms with Crippen LogP contribution in [0.2, 0.25) is 0 Å². The van der Waals surface area contributed by atoms with Gasteiger partial charge in [-0.05, 0) is 53.4 Å². The fourth-order valence-electron chi connectivity index (χ4n) is 1.47. The number of alkyl halides is 1. The van der Waals surface area contributed by atoms with E-state index in [1.165, 1.54) is 42.4 Å². The molecule has 0 aliphatic rings. The zero-order chi connectivity index (χ0) is 12.4. The highest BCUT2D eigenvalue weighted by molar-refractivity contribution is 9.09. The lowest BCUT2D eigenvalue weighted by Gasteiger charge is -2.00. The summed E-state index contributed by atoms with van der Waals surface area (Å²) in [6.07, 6.45) is 11.7. The van der Waals surface area contributed by atoms with E-state index < -0.39 is 0 Å². The van der Waals surface area contributed by atoms with Gasteiger partial charge in [-0.15, -0.1) is 0 Å². The molecule has 0 N–H and O–H groups in total. The number of hydrogen-bond acceptors (Lipinski definition) is 0. The van der Waals surface area contributed by atoms with E-state index >= 15 is 0 Å². The van der Waals surface area contributed by atoms with Crippen LogP contribution in [-0.2, 0) is 0 Å². The summed E-state index contributed by atoms with van der Waals surface area (Å²) >= 11 is 3.42. The van der Waals surface area contributed by atoms with Gasteiger partial charge in [0.05, 0.1) is 0 Å². The van der Waals surface area contributed by atoms with Crippen molar-refractivity contribution in [3.05, 3.63) is 34.9 Å². The van der Waals surface area contributed by atoms with Gasteiger partial charge in [-0.3, -0.25) is 0 Å². The molecular formula is C15H25Br. The number of halogens is 1. The van der Waals surface area contributed by atoms with Crippen LogP contribution in [0.5, 0.6) is 0 Å². The standard InChI is InChI=1S/C15H25Br/c1-13(2)7-5-8-14(3)9-6-10-15(4)11-12-16/h7,9,11H,5-6,8,10,12H2,1-4H3/b14-9+,15-11+/i12+1. The van der Waals surface area contributed by atoms with Gasteiger partial charge in [0, 0.05) is 5.33 Å². The fourth-order valence-corrected chi connectivity index (χ4v) is 2.02. The van der Waals surface area contributed by atoms with Crippen LogP contribution in [-0.4, -0.2) is 5.33 Å². The summed E-state index contributed by atoms with van der Waals surface area (Å²) in [5, 5.41) is 0.974. The molecule has 0 radical (unpaired) electrons. The minimum Gasteiger partial charge on any atom is -0.0883 e. The van der Waals surface area contributed by atoms with Gasteiger partial charge in [0.2, 0.25) is 0 Å². The number of allylic oxidation sites excluding steroid dienone is 6. The van der Waals surface area contributed by atoms with Crippen LogP contribution in [0.1, 0.15) is 53.4 Å². The Morgan fingerprint density at radius 3 is 1.81 bits per heavy atom. The Labute approximate surface area is 110 Å². The third kappa shape index (κ3) is 10.2. The normalized spacial score (nSPS) is 12.8. The van der Waals surface area contributed by atoms with E-state index in [1.807, 2.05) is 0 Å². The van der Waals surface area contributed by atoms with Crippen LogP contribution in [0.4, 0.5) is 0 Å². The first-order valence-electron chi connectivity index (χ1n) is 6.07. The molecule has 0 fully saturated rings. The van der Waals surface area contributed by atoms with Crippen molar-refractivity contribution in [1.82, 2.24) is 0 Å². The predicted octanol–water partition coefficient (Wildman–Crippen LogP) is 5.80. The molecular weight excluding hydrogens is 261 g/mol. The minimum atomic E-state index is 0.974. The van der Waals surface area contributed by atoms with Gasteiger partial charge < -0.3 is 0 Å². The SMILES string of the molecule is CC(C)=CCC/C(C)=C/CC/C(C)=C/[13CH2]Br. The van der Waals surface area contributed by atoms with Gasteiger partial charge in [0.1, 0.15) is 0 Å². The molecule has 0 rings (SSSR count). The molecule has 0 saturated heterocycles. The van der Waals surface area contributed by atoms with E-state index in [0.29, 0.717) is 0 Å². The van der Waals surface area contributed by atoms with Crippen molar-refractivity contribution >= 4 is 15.9 Å². The second kappa shape index (κ2) is 9.89. The number of rotatable bonds is 7. The largest absolute Gasteiger partial charge is 0.0883 e. The maximum absolute atomic E-state index is 3.42. The molecule has 0 aromatic carbocycles. The Morgan fingerprint density at radius 1 is 0.812 bits per heavy atom. The van der Waals surface area contributed by atoms with E-state index in [0.717, 1.165) is 5.33 Å². The molecule has 0 aliphatic carbocycles. The van der Waals surface area contributed by atoms with Gasteiger partial charge >= 0.3 is 0 Å². The van der Waals surface area contributed by atoms with Crippen molar-refractivity contribution in [2.75, 3.05) is 5.33 Å². The first kappa shape index (κ1) is 15.7. The van der Waals surface area contributed by atoms with Crippen LogP contribution in [0, 0.1) is 0 Å². The lowest BCUT2D eigenvalue weighted by Crippen LogP contribution is -1.81. The van der Waals surface area contributed by atoms with E-state index in [-0.39, 0.29) is 0 Å². The highest BCUT2D eigenvalue weighted by Gasteiger charge is 1.91. The van der Waals surface area contributed by atoms with E-state index in [2.05, 4.69) is 61.9 Å². The second-order valence-electron chi connectivity index (χ2n) is 4.61. The van der Waals surface area contributed by atoms with Crippen molar-refractivity contribution in [3.8, 4) is 0 Å². The topological polar surface area (TPSA) is 0 Å². The molecule has 0 aliphatic heterocycles. The van der Waals surface area contributed by atoms with Crippen LogP contribution in [0.25, 0.3) is 0 Å². The molecule has 0 saturated carbocycles. The summed E-state index contributed by atoms with van der Waals surface area (Å²) in [7, 11) is 0. The Morgan fingerprint density at radius 2 is 1.31 bits per heavy atom. The molecule has 0 unspecified atom stereocenters. The molecule has 0 bridgehead atoms. The minimum absolute atomic E-state index is 0.974. The summed E-state index contributed by atoms with van der Waals surface area (Å²) in [5.74, 6) is 0. The third-order valence-corrected chi connectivity index (χ3v) is 2.87. The van der Waals surface area contributed by atoms with Crippen LogP contribution < -0.4 is 0 Å². The smallest absolute Gasteiger partial charge is 0.0214 e. The zero-order valence-electron chi connectivity index (χ0n) is 11.1. The second-order valence-corrected chi connectivity index (χ2v) is 5.26. The summed E-state index contributed by atoms with van der Waals surface area (Å²) in [5.41, 5.74) is 4.42. The Balaban J connectivity index is 3.79. The summed E-state index contributed by atoms with van der Waals surface area (Å²) < 4.78 is 0. The van der Waals surface area contributed by atoms with Gasteiger partial charge in [-0.1, -0.05) is 50.9 Å². The third-order valence-electron chi connectivity index (χ3n) is 2.55. The van der Waals surface area contributed by atoms with Crippen molar-refractivity contribution in [3.63, 3.8) is 0 Å². The summed E-state index contributed by atoms with van der Waals surface area (Å²) in [4.78, 5) is 0. The van der Waals surface area contributed by atoms with Crippen molar-refractivity contribution in [1.29, 1.82) is 0 Å². The highest BCUT2D eigenvalue weighted by atomic mass is 79.9. The maximum atomic E-state index is 3.42. The molecule has 0 aromatic heterocycles. The van der Waals surface area contributed by atoms with Crippen LogP contribution >= 0.6 is 15.9 Å². The fraction of sp³-hybridized carbons (Fsp3) is 0.600. The van der Waals surface area contributed by atoms with Crippen molar-refractivity contribution in [2.45, 2.75) is 53.4 Å². The van der Waals surface area contributed by atoms with Crippen molar-refractivity contribution < 1.29 is 0 Å². The average Bonchev–Trinajstić information content (AvgIpc) is 2.17. The van der Waals surface area contributed by atoms with Crippen LogP contribution in [0.15, 0.2) is 34.9 Å². The average molecular weight is 286 g/mol. The molecule has 1 heteroatoms. The van der Waals surface area contributed by atoms with E-state index in [9.17, 15) is 0 Å². The summed E-state index contributed by atoms with van der Waals surface area (Å²) in [6.45, 7) is 8.76. The molecule has 0 nitrogen and oxygen atoms in total. The Hall–Kier alpha value is -0.300. The maximum Gasteiger partial charge on any atom is 0.0214 e. The van der Waals surface area contributed by atoms with E-state index in [1.54, 1.807) is 0 Å². The molecule has 92 valence electrons. The van der Waals surface area contributed by atoms with Crippen LogP contribution in [0.3, 0.4) is 0 Å². The summed E-state index contributed by atoms with van der Waals surface area (Å²) in [6, 6.07) is 0. The molecule has 0 atom stereocenters. The predicted molar refractivity (Wildman–Crippen MR) is 79.2 cm³/mol. The lowest BCUT2D eigenvalue weighted by atomic mass is 10.1. The van der Waals surface area contributed by atoms with Gasteiger partial charge in [0.15, 0.2) is 0 Å². The van der Waals surface area contributed by atoms with Gasteiger partial charge in [-0.2, -0.15) is 0 Å². The molecule has 16 heavy (non-hydrogen) atoms. The number of hydrogen-bond donors (Lipinski definition) is 0. The van der Waals surface area contributed by atoms with Gasteiger partial charge in [-0.25, -0.2) is 0 Å². The monoisotopic (exact) mass is 285 g/mol. The Kier molecular flexibility index (Phi) is 9.71. The molecule has 0 amide bonds. The first-order chi connectivity index (χ1) is 7.56. The zero-order valence-corrected chi connectivity index (χ0v) is 12.7. The van der Waals surface area contributed by atoms with Gasteiger partial charge in [0.25, 0.3) is 0 Å². The highest BCUT2D eigenvalue weighted by Crippen LogP contribution is 2.11. The van der Waals surface area contributed by atoms with Crippen molar-refractivity contribution in [2.24, 2.45) is 0 Å². The lowest BCUT2D eigenvalue weighted by molar-refractivity contribution is 0.917. The first-order valence-corrected chi connectivity index (χ1v) is 7.19. The Bertz CT molecular complexity index is 265.